The van der Waals surface area contributed by atoms with Crippen molar-refractivity contribution in [1.29, 1.82) is 0 Å². The molecule has 7 heteroatoms. The summed E-state index contributed by atoms with van der Waals surface area (Å²) in [7, 11) is 1.65. The molecule has 2 heterocycles. The first kappa shape index (κ1) is 20.9. The summed E-state index contributed by atoms with van der Waals surface area (Å²) >= 11 is 6.71. The Labute approximate surface area is 202 Å². The van der Waals surface area contributed by atoms with Crippen molar-refractivity contribution in [2.75, 3.05) is 24.5 Å². The Bertz CT molecular complexity index is 1340. The largest absolute Gasteiger partial charge is 0.497 e. The van der Waals surface area contributed by atoms with Crippen LogP contribution in [0.15, 0.2) is 71.9 Å². The van der Waals surface area contributed by atoms with Crippen molar-refractivity contribution in [3.63, 3.8) is 0 Å². The average Bonchev–Trinajstić information content (AvgIpc) is 3.23. The molecule has 0 unspecified atom stereocenters. The van der Waals surface area contributed by atoms with E-state index in [1.54, 1.807) is 13.2 Å². The van der Waals surface area contributed by atoms with Gasteiger partial charge in [0.15, 0.2) is 17.3 Å². The van der Waals surface area contributed by atoms with Crippen LogP contribution in [0.4, 0.5) is 11.4 Å². The number of anilines is 2. The smallest absolute Gasteiger partial charge is 0.231 e. The van der Waals surface area contributed by atoms with Gasteiger partial charge in [0.25, 0.3) is 0 Å². The van der Waals surface area contributed by atoms with Crippen LogP contribution < -0.4 is 24.8 Å². The zero-order valence-corrected chi connectivity index (χ0v) is 19.3. The third-order valence-electron chi connectivity index (χ3n) is 6.68. The minimum atomic E-state index is -0.424. The highest BCUT2D eigenvalue weighted by molar-refractivity contribution is 6.31. The number of methoxy groups -OCH3 is 1. The van der Waals surface area contributed by atoms with E-state index in [4.69, 9.17) is 25.8 Å². The number of nitrogens with one attached hydrogen (secondary N) is 2. The minimum Gasteiger partial charge on any atom is -0.497 e. The number of para-hydroxylation sites is 2. The highest BCUT2D eigenvalue weighted by atomic mass is 35.5. The van der Waals surface area contributed by atoms with Gasteiger partial charge in [0.1, 0.15) is 5.75 Å². The van der Waals surface area contributed by atoms with E-state index in [2.05, 4.69) is 16.7 Å². The number of allylic oxidation sites excluding steroid dienone is 1. The van der Waals surface area contributed by atoms with E-state index in [9.17, 15) is 4.79 Å². The molecule has 0 spiro atoms. The molecule has 0 saturated carbocycles. The van der Waals surface area contributed by atoms with Crippen LogP contribution in [0.2, 0.25) is 5.02 Å². The molecule has 2 aliphatic heterocycles. The highest BCUT2D eigenvalue weighted by Gasteiger charge is 2.37. The Kier molecular flexibility index (Phi) is 5.11. The summed E-state index contributed by atoms with van der Waals surface area (Å²) in [5.41, 5.74) is 5.31. The van der Waals surface area contributed by atoms with Crippen LogP contribution in [0.25, 0.3) is 0 Å². The molecule has 34 heavy (non-hydrogen) atoms. The molecule has 3 aromatic carbocycles. The van der Waals surface area contributed by atoms with Crippen LogP contribution in [-0.4, -0.2) is 19.7 Å². The van der Waals surface area contributed by atoms with Gasteiger partial charge in [0, 0.05) is 29.3 Å². The van der Waals surface area contributed by atoms with Gasteiger partial charge >= 0.3 is 0 Å². The second-order valence-electron chi connectivity index (χ2n) is 8.67. The van der Waals surface area contributed by atoms with Gasteiger partial charge in [-0.05, 0) is 48.2 Å². The van der Waals surface area contributed by atoms with Crippen LogP contribution in [-0.2, 0) is 4.79 Å². The van der Waals surface area contributed by atoms with Crippen molar-refractivity contribution in [2.45, 2.75) is 24.8 Å². The van der Waals surface area contributed by atoms with Gasteiger partial charge in [-0.25, -0.2) is 0 Å². The number of Topliss-reactive ketones (excluding diaryl/α,β-unsaturated/α-hetero) is 1. The molecule has 1 aliphatic carbocycles. The van der Waals surface area contributed by atoms with Gasteiger partial charge in [-0.2, -0.15) is 0 Å². The van der Waals surface area contributed by atoms with E-state index in [0.717, 1.165) is 33.9 Å². The lowest BCUT2D eigenvalue weighted by Gasteiger charge is -2.30. The number of rotatable bonds is 3. The highest BCUT2D eigenvalue weighted by Crippen LogP contribution is 2.47. The Balaban J connectivity index is 1.47. The SMILES string of the molecule is COc1cccc([C@H]2CC(=O)C3=C(C2)Nc2ccccc2N[C@H]3c2cc3c(cc2Cl)OCO3)c1. The van der Waals surface area contributed by atoms with E-state index in [0.29, 0.717) is 34.9 Å². The fourth-order valence-corrected chi connectivity index (χ4v) is 5.27. The molecule has 0 saturated heterocycles. The van der Waals surface area contributed by atoms with E-state index in [-0.39, 0.29) is 18.5 Å². The van der Waals surface area contributed by atoms with Crippen LogP contribution in [0.3, 0.4) is 0 Å². The lowest BCUT2D eigenvalue weighted by molar-refractivity contribution is -0.116. The fourth-order valence-electron chi connectivity index (χ4n) is 5.01. The molecule has 6 nitrogen and oxygen atoms in total. The topological polar surface area (TPSA) is 68.8 Å². The third kappa shape index (κ3) is 3.55. The number of fused-ring (bicyclic) bond motifs is 2. The van der Waals surface area contributed by atoms with Crippen molar-refractivity contribution in [1.82, 2.24) is 0 Å². The lowest BCUT2D eigenvalue weighted by Crippen LogP contribution is -2.27. The lowest BCUT2D eigenvalue weighted by atomic mass is 9.78. The molecule has 0 aromatic heterocycles. The van der Waals surface area contributed by atoms with Gasteiger partial charge in [-0.15, -0.1) is 0 Å². The van der Waals surface area contributed by atoms with E-state index in [1.165, 1.54) is 0 Å². The maximum absolute atomic E-state index is 13.7. The molecule has 3 aromatic rings. The standard InChI is InChI=1S/C27H23ClN2O4/c1-32-17-6-4-5-15(9-17)16-10-22-26(23(31)11-16)27(30-21-8-3-2-7-20(21)29-22)18-12-24-25(13-19(18)28)34-14-33-24/h2-9,12-13,16,27,29-30H,10-11,14H2,1H3/t16-,27+/m1/s1. The first-order valence-corrected chi connectivity index (χ1v) is 11.6. The molecule has 0 amide bonds. The quantitative estimate of drug-likeness (QED) is 0.481. The Hall–Kier alpha value is -3.64. The number of benzene rings is 3. The molecule has 6 rings (SSSR count). The van der Waals surface area contributed by atoms with E-state index >= 15 is 0 Å². The molecule has 2 N–H and O–H groups in total. The second kappa shape index (κ2) is 8.29. The predicted molar refractivity (Wildman–Crippen MR) is 131 cm³/mol. The summed E-state index contributed by atoms with van der Waals surface area (Å²) in [5.74, 6) is 2.16. The second-order valence-corrected chi connectivity index (χ2v) is 9.08. The number of carbonyl (C=O) groups excluding carboxylic acids is 1. The normalized spacial score (nSPS) is 20.6. The van der Waals surface area contributed by atoms with Gasteiger partial charge < -0.3 is 24.8 Å². The van der Waals surface area contributed by atoms with Gasteiger partial charge in [0.2, 0.25) is 6.79 Å². The van der Waals surface area contributed by atoms with Crippen molar-refractivity contribution in [3.8, 4) is 17.2 Å². The van der Waals surface area contributed by atoms with Crippen LogP contribution in [0.1, 0.15) is 35.9 Å². The summed E-state index contributed by atoms with van der Waals surface area (Å²) in [5, 5.41) is 7.65. The first-order valence-electron chi connectivity index (χ1n) is 11.2. The van der Waals surface area contributed by atoms with E-state index < -0.39 is 6.04 Å². The summed E-state index contributed by atoms with van der Waals surface area (Å²) < 4.78 is 16.5. The number of hydrogen-bond donors (Lipinski definition) is 2. The first-order chi connectivity index (χ1) is 16.6. The zero-order valence-electron chi connectivity index (χ0n) is 18.6. The summed E-state index contributed by atoms with van der Waals surface area (Å²) in [6.07, 6.45) is 1.10. The molecule has 2 atom stereocenters. The molecule has 0 fully saturated rings. The zero-order chi connectivity index (χ0) is 23.2. The number of hydrogen-bond acceptors (Lipinski definition) is 6. The van der Waals surface area contributed by atoms with Gasteiger partial charge in [-0.3, -0.25) is 4.79 Å². The van der Waals surface area contributed by atoms with Crippen molar-refractivity contribution in [3.05, 3.63) is 88.1 Å². The third-order valence-corrected chi connectivity index (χ3v) is 7.00. The number of ketones is 1. The van der Waals surface area contributed by atoms with Gasteiger partial charge in [0.05, 0.1) is 29.5 Å². The molecule has 3 aliphatic rings. The Morgan fingerprint density at radius 2 is 1.76 bits per heavy atom. The predicted octanol–water partition coefficient (Wildman–Crippen LogP) is 6.06. The molecule has 0 radical (unpaired) electrons. The minimum absolute atomic E-state index is 0.0481. The van der Waals surface area contributed by atoms with Crippen molar-refractivity contribution >= 4 is 28.8 Å². The summed E-state index contributed by atoms with van der Waals surface area (Å²) in [4.78, 5) is 13.7. The number of carbonyl (C=O) groups is 1. The monoisotopic (exact) mass is 474 g/mol. The van der Waals surface area contributed by atoms with Crippen molar-refractivity contribution < 1.29 is 19.0 Å². The summed E-state index contributed by atoms with van der Waals surface area (Å²) in [6.45, 7) is 0.159. The number of ether oxygens (including phenoxy) is 3. The average molecular weight is 475 g/mol. The molecular weight excluding hydrogens is 452 g/mol. The molecule has 0 bridgehead atoms. The Morgan fingerprint density at radius 3 is 2.59 bits per heavy atom. The maximum Gasteiger partial charge on any atom is 0.231 e. The van der Waals surface area contributed by atoms with Crippen molar-refractivity contribution in [2.24, 2.45) is 0 Å². The number of halogens is 1. The molecular formula is C27H23ClN2O4. The fraction of sp³-hybridized carbons (Fsp3) is 0.222. The molecule has 172 valence electrons. The summed E-state index contributed by atoms with van der Waals surface area (Å²) in [6, 6.07) is 19.1. The maximum atomic E-state index is 13.7. The Morgan fingerprint density at radius 1 is 0.971 bits per heavy atom. The van der Waals surface area contributed by atoms with Crippen LogP contribution in [0.5, 0.6) is 17.2 Å². The van der Waals surface area contributed by atoms with Gasteiger partial charge in [-0.1, -0.05) is 35.9 Å². The van der Waals surface area contributed by atoms with Crippen LogP contribution in [0, 0.1) is 0 Å². The van der Waals surface area contributed by atoms with E-state index in [1.807, 2.05) is 48.5 Å². The van der Waals surface area contributed by atoms with Crippen LogP contribution >= 0.6 is 11.6 Å².